The highest BCUT2D eigenvalue weighted by Gasteiger charge is 2.24. The summed E-state index contributed by atoms with van der Waals surface area (Å²) < 4.78 is 0. The van der Waals surface area contributed by atoms with E-state index in [1.165, 1.54) is 0 Å². The monoisotopic (exact) mass is 249 g/mol. The molecule has 0 aromatic heterocycles. The first-order valence-electron chi connectivity index (χ1n) is 6.25. The number of carbonyl (C=O) groups excluding carboxylic acids is 1. The van der Waals surface area contributed by atoms with E-state index >= 15 is 0 Å². The van der Waals surface area contributed by atoms with Gasteiger partial charge in [-0.05, 0) is 17.9 Å². The quantitative estimate of drug-likeness (QED) is 0.861. The second-order valence-electron chi connectivity index (χ2n) is 6.15. The summed E-state index contributed by atoms with van der Waals surface area (Å²) in [5, 5.41) is 13.1. The Balaban J connectivity index is 2.55. The number of hydrogen-bond donors (Lipinski definition) is 2. The van der Waals surface area contributed by atoms with Crippen LogP contribution in [0, 0.1) is 5.41 Å². The lowest BCUT2D eigenvalue weighted by Crippen LogP contribution is -2.39. The summed E-state index contributed by atoms with van der Waals surface area (Å²) in [6.07, 6.45) is 0.456. The molecule has 1 atom stereocenters. The van der Waals surface area contributed by atoms with E-state index < -0.39 is 5.60 Å². The average Bonchev–Trinajstić information content (AvgIpc) is 2.26. The third-order valence-electron chi connectivity index (χ3n) is 2.72. The van der Waals surface area contributed by atoms with Crippen LogP contribution in [-0.2, 0) is 10.4 Å². The summed E-state index contributed by atoms with van der Waals surface area (Å²) in [6.45, 7) is 7.98. The molecule has 3 heteroatoms. The Bertz CT molecular complexity index is 391. The van der Waals surface area contributed by atoms with E-state index in [1.807, 2.05) is 51.1 Å². The van der Waals surface area contributed by atoms with Crippen LogP contribution in [0.4, 0.5) is 0 Å². The first kappa shape index (κ1) is 14.7. The summed E-state index contributed by atoms with van der Waals surface area (Å²) in [6, 6.07) is 9.37. The Hall–Kier alpha value is -1.35. The van der Waals surface area contributed by atoms with Gasteiger partial charge in [0.15, 0.2) is 0 Å². The zero-order chi connectivity index (χ0) is 13.8. The van der Waals surface area contributed by atoms with Crippen molar-refractivity contribution in [3.63, 3.8) is 0 Å². The van der Waals surface area contributed by atoms with Crippen LogP contribution in [0.1, 0.15) is 39.7 Å². The molecule has 0 unspecified atom stereocenters. The molecule has 0 fully saturated rings. The van der Waals surface area contributed by atoms with Gasteiger partial charge in [0.05, 0.1) is 6.54 Å². The van der Waals surface area contributed by atoms with Gasteiger partial charge in [-0.1, -0.05) is 51.1 Å². The number of hydrogen-bond acceptors (Lipinski definition) is 2. The summed E-state index contributed by atoms with van der Waals surface area (Å²) in [5.74, 6) is -0.0290. The van der Waals surface area contributed by atoms with Gasteiger partial charge in [-0.3, -0.25) is 4.79 Å². The molecule has 0 radical (unpaired) electrons. The smallest absolute Gasteiger partial charge is 0.220 e. The van der Waals surface area contributed by atoms with Gasteiger partial charge in [0.2, 0.25) is 5.91 Å². The Labute approximate surface area is 109 Å². The van der Waals surface area contributed by atoms with Crippen LogP contribution < -0.4 is 5.32 Å². The molecule has 0 saturated carbocycles. The van der Waals surface area contributed by atoms with Crippen molar-refractivity contribution in [2.45, 2.75) is 39.7 Å². The maximum absolute atomic E-state index is 11.7. The number of carbonyl (C=O) groups is 1. The van der Waals surface area contributed by atoms with Crippen LogP contribution in [0.15, 0.2) is 30.3 Å². The van der Waals surface area contributed by atoms with Gasteiger partial charge >= 0.3 is 0 Å². The molecule has 0 spiro atoms. The molecule has 3 nitrogen and oxygen atoms in total. The highest BCUT2D eigenvalue weighted by molar-refractivity contribution is 5.76. The molecule has 18 heavy (non-hydrogen) atoms. The lowest BCUT2D eigenvalue weighted by molar-refractivity contribution is -0.124. The van der Waals surface area contributed by atoms with E-state index in [-0.39, 0.29) is 17.9 Å². The van der Waals surface area contributed by atoms with Crippen molar-refractivity contribution in [2.24, 2.45) is 5.41 Å². The van der Waals surface area contributed by atoms with Crippen LogP contribution >= 0.6 is 0 Å². The molecular formula is C15H23NO2. The van der Waals surface area contributed by atoms with Crippen LogP contribution in [-0.4, -0.2) is 17.6 Å². The van der Waals surface area contributed by atoms with E-state index in [0.29, 0.717) is 6.42 Å². The van der Waals surface area contributed by atoms with E-state index in [0.717, 1.165) is 5.56 Å². The maximum Gasteiger partial charge on any atom is 0.220 e. The Morgan fingerprint density at radius 2 is 1.72 bits per heavy atom. The largest absolute Gasteiger partial charge is 0.384 e. The lowest BCUT2D eigenvalue weighted by atomic mass is 9.91. The molecule has 0 bridgehead atoms. The molecule has 1 aromatic rings. The van der Waals surface area contributed by atoms with Crippen LogP contribution in [0.2, 0.25) is 0 Å². The molecule has 2 N–H and O–H groups in total. The highest BCUT2D eigenvalue weighted by Crippen LogP contribution is 2.20. The minimum absolute atomic E-state index is 0.0290. The van der Waals surface area contributed by atoms with Crippen molar-refractivity contribution < 1.29 is 9.90 Å². The van der Waals surface area contributed by atoms with E-state index in [1.54, 1.807) is 6.92 Å². The van der Waals surface area contributed by atoms with Crippen molar-refractivity contribution in [2.75, 3.05) is 6.54 Å². The van der Waals surface area contributed by atoms with Crippen LogP contribution in [0.25, 0.3) is 0 Å². The summed E-state index contributed by atoms with van der Waals surface area (Å²) in [7, 11) is 0. The first-order valence-corrected chi connectivity index (χ1v) is 6.25. The first-order chi connectivity index (χ1) is 8.21. The van der Waals surface area contributed by atoms with Crippen molar-refractivity contribution in [3.8, 4) is 0 Å². The predicted octanol–water partition coefficient (Wildman–Crippen LogP) is 2.45. The van der Waals surface area contributed by atoms with Crippen molar-refractivity contribution in [1.82, 2.24) is 5.32 Å². The van der Waals surface area contributed by atoms with Gasteiger partial charge in [-0.15, -0.1) is 0 Å². The van der Waals surface area contributed by atoms with E-state index in [9.17, 15) is 9.90 Å². The second-order valence-corrected chi connectivity index (χ2v) is 6.15. The SMILES string of the molecule is CC(C)(C)CC(=O)NC[C@@](C)(O)c1ccccc1. The molecule has 1 amide bonds. The molecule has 1 rings (SSSR count). The fourth-order valence-electron chi connectivity index (χ4n) is 1.71. The second kappa shape index (κ2) is 5.53. The number of nitrogens with one attached hydrogen (secondary N) is 1. The highest BCUT2D eigenvalue weighted by atomic mass is 16.3. The maximum atomic E-state index is 11.7. The number of amides is 1. The minimum Gasteiger partial charge on any atom is -0.384 e. The summed E-state index contributed by atoms with van der Waals surface area (Å²) in [4.78, 5) is 11.7. The molecule has 0 aliphatic rings. The fraction of sp³-hybridized carbons (Fsp3) is 0.533. The van der Waals surface area contributed by atoms with E-state index in [4.69, 9.17) is 0 Å². The van der Waals surface area contributed by atoms with Gasteiger partial charge in [0.25, 0.3) is 0 Å². The van der Waals surface area contributed by atoms with Crippen LogP contribution in [0.5, 0.6) is 0 Å². The normalized spacial score (nSPS) is 14.9. The molecule has 0 saturated heterocycles. The van der Waals surface area contributed by atoms with E-state index in [2.05, 4.69) is 5.32 Å². The number of benzene rings is 1. The molecular weight excluding hydrogens is 226 g/mol. The van der Waals surface area contributed by atoms with Crippen molar-refractivity contribution >= 4 is 5.91 Å². The average molecular weight is 249 g/mol. The number of aliphatic hydroxyl groups is 1. The predicted molar refractivity (Wildman–Crippen MR) is 73.1 cm³/mol. The van der Waals surface area contributed by atoms with Crippen LogP contribution in [0.3, 0.4) is 0 Å². The van der Waals surface area contributed by atoms with Gasteiger partial charge in [-0.2, -0.15) is 0 Å². The van der Waals surface area contributed by atoms with Gasteiger partial charge in [-0.25, -0.2) is 0 Å². The third kappa shape index (κ3) is 4.88. The van der Waals surface area contributed by atoms with Crippen molar-refractivity contribution in [3.05, 3.63) is 35.9 Å². The molecule has 0 aliphatic carbocycles. The molecule has 0 aliphatic heterocycles. The topological polar surface area (TPSA) is 49.3 Å². The molecule has 100 valence electrons. The lowest BCUT2D eigenvalue weighted by Gasteiger charge is -2.25. The number of rotatable bonds is 4. The van der Waals surface area contributed by atoms with Gasteiger partial charge in [0, 0.05) is 6.42 Å². The Morgan fingerprint density at radius 1 is 1.17 bits per heavy atom. The third-order valence-corrected chi connectivity index (χ3v) is 2.72. The summed E-state index contributed by atoms with van der Waals surface area (Å²) >= 11 is 0. The zero-order valence-corrected chi connectivity index (χ0v) is 11.7. The molecule has 1 aromatic carbocycles. The Kier molecular flexibility index (Phi) is 4.52. The molecule has 0 heterocycles. The van der Waals surface area contributed by atoms with Crippen molar-refractivity contribution in [1.29, 1.82) is 0 Å². The fourth-order valence-corrected chi connectivity index (χ4v) is 1.71. The Morgan fingerprint density at radius 3 is 2.22 bits per heavy atom. The minimum atomic E-state index is -1.03. The van der Waals surface area contributed by atoms with Gasteiger partial charge in [0.1, 0.15) is 5.60 Å². The zero-order valence-electron chi connectivity index (χ0n) is 11.7. The summed E-state index contributed by atoms with van der Waals surface area (Å²) in [5.41, 5.74) is -0.265. The standard InChI is InChI=1S/C15H23NO2/c1-14(2,3)10-13(17)16-11-15(4,18)12-8-6-5-7-9-12/h5-9,18H,10-11H2,1-4H3,(H,16,17)/t15-/m1/s1. The van der Waals surface area contributed by atoms with Gasteiger partial charge < -0.3 is 10.4 Å².